The van der Waals surface area contributed by atoms with Gasteiger partial charge in [-0.1, -0.05) is 145 Å². The van der Waals surface area contributed by atoms with Crippen molar-refractivity contribution < 1.29 is 9.90 Å². The number of carboxylic acid groups (broad SMARTS) is 1. The van der Waals surface area contributed by atoms with E-state index in [0.29, 0.717) is 11.1 Å². The van der Waals surface area contributed by atoms with E-state index >= 15 is 0 Å². The van der Waals surface area contributed by atoms with Crippen LogP contribution in [0.25, 0.3) is 97.0 Å². The zero-order chi connectivity index (χ0) is 42.7. The van der Waals surface area contributed by atoms with Gasteiger partial charge in [-0.3, -0.25) is 0 Å². The van der Waals surface area contributed by atoms with Crippen molar-refractivity contribution >= 4 is 58.4 Å². The van der Waals surface area contributed by atoms with Gasteiger partial charge in [-0.25, -0.2) is 14.8 Å². The van der Waals surface area contributed by atoms with Gasteiger partial charge in [-0.2, -0.15) is 5.26 Å². The summed E-state index contributed by atoms with van der Waals surface area (Å²) < 4.78 is 0. The molecule has 2 aliphatic rings. The topological polar surface area (TPSA) is 118 Å². The van der Waals surface area contributed by atoms with E-state index in [1.807, 2.05) is 84.9 Å². The van der Waals surface area contributed by atoms with Crippen molar-refractivity contribution in [2.45, 2.75) is 0 Å². The minimum atomic E-state index is -1.27. The number of hydrogen-bond donors (Lipinski definition) is 3. The monoisotopic (exact) mass is 809 g/mol. The molecule has 3 aromatic heterocycles. The Hall–Kier alpha value is -9.04. The maximum atomic E-state index is 11.5. The van der Waals surface area contributed by atoms with Gasteiger partial charge in [0.05, 0.1) is 33.9 Å². The smallest absolute Gasteiger partial charge is 0.346 e. The SMILES string of the molecule is N#C/C(=C/c1ccc(C#Cc2cc3[nH]c2c(-c2ccccc2)c2nc(c(-c4ccccc4)c4ccc([nH]4)c(-c4ccccc4)c4nc(c3-c3ccccc3)C=C4)C=C2)cc1)C(=O)O. The third-order valence-corrected chi connectivity index (χ3v) is 11.0. The number of carboxylic acids is 1. The van der Waals surface area contributed by atoms with Crippen LogP contribution in [0.4, 0.5) is 0 Å². The van der Waals surface area contributed by atoms with Gasteiger partial charge in [-0.05, 0) is 88.5 Å². The number of nitriles is 1. The maximum Gasteiger partial charge on any atom is 0.346 e. The summed E-state index contributed by atoms with van der Waals surface area (Å²) in [4.78, 5) is 30.0. The Morgan fingerprint density at radius 3 is 1.38 bits per heavy atom. The van der Waals surface area contributed by atoms with E-state index in [1.165, 1.54) is 6.08 Å². The second-order valence-electron chi connectivity index (χ2n) is 15.0. The molecule has 0 saturated heterocycles. The number of nitrogens with one attached hydrogen (secondary N) is 2. The van der Waals surface area contributed by atoms with Gasteiger partial charge in [0.15, 0.2) is 0 Å². The molecule has 0 saturated carbocycles. The molecule has 2 aliphatic heterocycles. The maximum absolute atomic E-state index is 11.5. The largest absolute Gasteiger partial charge is 0.477 e. The molecule has 5 heterocycles. The molecule has 5 aromatic carbocycles. The van der Waals surface area contributed by atoms with Crippen LogP contribution in [0.3, 0.4) is 0 Å². The quantitative estimate of drug-likeness (QED) is 0.0878. The van der Waals surface area contributed by atoms with E-state index in [-0.39, 0.29) is 5.57 Å². The summed E-state index contributed by atoms with van der Waals surface area (Å²) in [5.74, 6) is 5.59. The Morgan fingerprint density at radius 2 is 0.937 bits per heavy atom. The molecule has 63 heavy (non-hydrogen) atoms. The van der Waals surface area contributed by atoms with Crippen LogP contribution < -0.4 is 0 Å². The predicted molar refractivity (Wildman–Crippen MR) is 254 cm³/mol. The van der Waals surface area contributed by atoms with Gasteiger partial charge in [0.1, 0.15) is 11.6 Å². The molecule has 8 aromatic rings. The Bertz CT molecular complexity index is 3450. The number of nitrogens with zero attached hydrogens (tertiary/aromatic N) is 3. The highest BCUT2D eigenvalue weighted by Gasteiger charge is 2.20. The molecule has 0 unspecified atom stereocenters. The number of H-pyrrole nitrogens is 2. The van der Waals surface area contributed by atoms with Crippen LogP contribution >= 0.6 is 0 Å². The van der Waals surface area contributed by atoms with Crippen LogP contribution in [0.5, 0.6) is 0 Å². The van der Waals surface area contributed by atoms with E-state index < -0.39 is 5.97 Å². The third kappa shape index (κ3) is 7.55. The lowest BCUT2D eigenvalue weighted by Gasteiger charge is -2.07. The van der Waals surface area contributed by atoms with E-state index in [2.05, 4.69) is 113 Å². The van der Waals surface area contributed by atoms with Crippen molar-refractivity contribution in [1.82, 2.24) is 19.9 Å². The fraction of sp³-hybridized carbons (Fsp3) is 0. The average Bonchev–Trinajstić information content (AvgIpc) is 4.17. The van der Waals surface area contributed by atoms with Crippen LogP contribution in [-0.2, 0) is 4.79 Å². The molecule has 7 nitrogen and oxygen atoms in total. The Balaban J connectivity index is 1.34. The predicted octanol–water partition coefficient (Wildman–Crippen LogP) is 12.7. The fourth-order valence-electron chi connectivity index (χ4n) is 8.13. The number of fused-ring (bicyclic) bond motifs is 8. The highest BCUT2D eigenvalue weighted by atomic mass is 16.4. The van der Waals surface area contributed by atoms with E-state index in [1.54, 1.807) is 18.2 Å². The van der Waals surface area contributed by atoms with Crippen LogP contribution in [0, 0.1) is 23.2 Å². The Morgan fingerprint density at radius 1 is 0.508 bits per heavy atom. The Labute approximate surface area is 363 Å². The summed E-state index contributed by atoms with van der Waals surface area (Å²) in [6, 6.07) is 56.4. The summed E-state index contributed by atoms with van der Waals surface area (Å²) in [6.07, 6.45) is 9.68. The van der Waals surface area contributed by atoms with E-state index in [4.69, 9.17) is 9.97 Å². The molecule has 0 radical (unpaired) electrons. The van der Waals surface area contributed by atoms with Crippen molar-refractivity contribution in [3.63, 3.8) is 0 Å². The van der Waals surface area contributed by atoms with Crippen molar-refractivity contribution in [1.29, 1.82) is 5.26 Å². The second kappa shape index (κ2) is 16.5. The highest BCUT2D eigenvalue weighted by molar-refractivity contribution is 6.01. The van der Waals surface area contributed by atoms with Gasteiger partial charge >= 0.3 is 5.97 Å². The van der Waals surface area contributed by atoms with Crippen molar-refractivity contribution in [3.8, 4) is 62.4 Å². The first-order chi connectivity index (χ1) is 31.0. The van der Waals surface area contributed by atoms with Gasteiger partial charge in [0, 0.05) is 44.4 Å². The normalized spacial score (nSPS) is 11.8. The first-order valence-electron chi connectivity index (χ1n) is 20.4. The molecule has 8 bridgehead atoms. The number of aromatic amines is 2. The lowest BCUT2D eigenvalue weighted by molar-refractivity contribution is -0.132. The summed E-state index contributed by atoms with van der Waals surface area (Å²) >= 11 is 0. The first kappa shape index (κ1) is 38.2. The van der Waals surface area contributed by atoms with Gasteiger partial charge < -0.3 is 15.1 Å². The highest BCUT2D eigenvalue weighted by Crippen LogP contribution is 2.39. The zero-order valence-corrected chi connectivity index (χ0v) is 33.7. The minimum absolute atomic E-state index is 0.342. The molecular formula is C56H35N5O2. The van der Waals surface area contributed by atoms with Crippen LogP contribution in [-0.4, -0.2) is 31.0 Å². The molecule has 10 rings (SSSR count). The first-order valence-corrected chi connectivity index (χ1v) is 20.4. The van der Waals surface area contributed by atoms with Crippen molar-refractivity contribution in [2.75, 3.05) is 0 Å². The lowest BCUT2D eigenvalue weighted by Crippen LogP contribution is -1.97. The van der Waals surface area contributed by atoms with Gasteiger partial charge in [-0.15, -0.1) is 0 Å². The lowest BCUT2D eigenvalue weighted by atomic mass is 10.0. The average molecular weight is 810 g/mol. The van der Waals surface area contributed by atoms with Crippen LogP contribution in [0.2, 0.25) is 0 Å². The number of rotatable bonds is 6. The minimum Gasteiger partial charge on any atom is -0.477 e. The van der Waals surface area contributed by atoms with Gasteiger partial charge in [0.2, 0.25) is 0 Å². The Kier molecular flexibility index (Phi) is 10.0. The molecule has 296 valence electrons. The molecule has 7 heteroatoms. The number of aliphatic carboxylic acids is 1. The molecule has 0 spiro atoms. The number of benzene rings is 5. The summed E-state index contributed by atoms with van der Waals surface area (Å²) in [7, 11) is 0. The van der Waals surface area contributed by atoms with E-state index in [0.717, 1.165) is 94.9 Å². The number of carbonyl (C=O) groups is 1. The molecule has 0 fully saturated rings. The zero-order valence-electron chi connectivity index (χ0n) is 33.7. The van der Waals surface area contributed by atoms with Crippen LogP contribution in [0.15, 0.2) is 169 Å². The molecule has 0 atom stereocenters. The second-order valence-corrected chi connectivity index (χ2v) is 15.0. The third-order valence-electron chi connectivity index (χ3n) is 11.0. The van der Waals surface area contributed by atoms with Crippen molar-refractivity contribution in [3.05, 3.63) is 209 Å². The van der Waals surface area contributed by atoms with Gasteiger partial charge in [0.25, 0.3) is 0 Å². The summed E-state index contributed by atoms with van der Waals surface area (Å²) in [5, 5.41) is 18.7. The van der Waals surface area contributed by atoms with Crippen molar-refractivity contribution in [2.24, 2.45) is 0 Å². The molecule has 0 amide bonds. The summed E-state index contributed by atoms with van der Waals surface area (Å²) in [5.41, 5.74) is 16.1. The fourth-order valence-corrected chi connectivity index (χ4v) is 8.13. The molecular weight excluding hydrogens is 775 g/mol. The molecule has 0 aliphatic carbocycles. The molecule has 3 N–H and O–H groups in total. The van der Waals surface area contributed by atoms with Crippen LogP contribution in [0.1, 0.15) is 39.5 Å². The number of hydrogen-bond acceptors (Lipinski definition) is 4. The summed E-state index contributed by atoms with van der Waals surface area (Å²) in [6.45, 7) is 0. The van der Waals surface area contributed by atoms with E-state index in [9.17, 15) is 15.2 Å². The standard InChI is InChI=1S/C56H35N5O2/c57-35-43(56(62)63)33-37-23-21-36(22-24-37)25-26-42-34-50-53(40-17-9-3-10-18-40)48-30-29-46(59-48)51(38-13-5-1-6-14-38)44-27-28-45(58-44)52(39-15-7-2-8-16-39)47-31-32-49(60-47)54(55(42)61-50)41-19-11-4-12-20-41/h1-24,27-34,58,61H,(H,62,63)/b43-33-,51-44?,51-46?,52-45?,52-47?,53-48?,53-50?,54-49?,55-54?. The number of aromatic nitrogens is 4.